The van der Waals surface area contributed by atoms with Gasteiger partial charge >= 0.3 is 329 Å². The van der Waals surface area contributed by atoms with Gasteiger partial charge in [0.05, 0.1) is 0 Å². The molecule has 0 aliphatic carbocycles. The molecule has 53 heavy (non-hydrogen) atoms. The van der Waals surface area contributed by atoms with E-state index >= 15 is 0 Å². The fraction of sp³-hybridized carbons (Fsp3) is 0.400. The number of benzene rings is 5. The Kier molecular flexibility index (Phi) is 13.8. The predicted molar refractivity (Wildman–Crippen MR) is 234 cm³/mol. The van der Waals surface area contributed by atoms with Gasteiger partial charge < -0.3 is 0 Å². The molecule has 0 N–H and O–H groups in total. The van der Waals surface area contributed by atoms with Gasteiger partial charge in [-0.2, -0.15) is 0 Å². The summed E-state index contributed by atoms with van der Waals surface area (Å²) in [6.07, 6.45) is 2.81. The third kappa shape index (κ3) is 8.37. The minimum absolute atomic E-state index is 0.404. The van der Waals surface area contributed by atoms with Gasteiger partial charge in [0.25, 0.3) is 0 Å². The maximum absolute atomic E-state index is 5.32. The average molecular weight is 762 g/mol. The molecular weight excluding hydrogens is 698 g/mol. The molecule has 5 aromatic rings. The summed E-state index contributed by atoms with van der Waals surface area (Å²) in [5, 5.41) is 10.5. The molecule has 2 nitrogen and oxygen atoms in total. The van der Waals surface area contributed by atoms with Crippen LogP contribution in [-0.2, 0) is 19.3 Å². The summed E-state index contributed by atoms with van der Waals surface area (Å²) < 4.78 is 3.05. The Bertz CT molecular complexity index is 1890. The zero-order valence-electron chi connectivity index (χ0n) is 34.8. The van der Waals surface area contributed by atoms with Crippen molar-refractivity contribution < 1.29 is 0 Å². The fourth-order valence-electron chi connectivity index (χ4n) is 8.42. The zero-order chi connectivity index (χ0) is 38.4. The Morgan fingerprint density at radius 1 is 0.434 bits per heavy atom. The SMILES string of the molecule is CCc1cccc(CC)c1N=Nc1c(CC)ccc[c]1[Ga]([CH2]C)[c]1c(-c2c(C(C)C)cccc2C(C)C)cccc1-c1c(C(C)C)cccc1C(C)C. The zero-order valence-corrected chi connectivity index (χ0v) is 37.2. The molecule has 0 aliphatic rings. The Morgan fingerprint density at radius 3 is 1.15 bits per heavy atom. The second kappa shape index (κ2) is 18.1. The molecule has 0 spiro atoms. The van der Waals surface area contributed by atoms with E-state index in [1.165, 1.54) is 65.3 Å². The van der Waals surface area contributed by atoms with Gasteiger partial charge in [-0.3, -0.25) is 0 Å². The molecule has 5 rings (SSSR count). The first-order valence-corrected chi connectivity index (χ1v) is 24.7. The molecule has 5 aromatic carbocycles. The van der Waals surface area contributed by atoms with Gasteiger partial charge in [0.1, 0.15) is 0 Å². The minimum atomic E-state index is -2.67. The summed E-state index contributed by atoms with van der Waals surface area (Å²) in [5.74, 6) is 1.62. The summed E-state index contributed by atoms with van der Waals surface area (Å²) in [6.45, 7) is 28.0. The molecular formula is C50H63GaN2. The number of aryl methyl sites for hydroxylation is 3. The van der Waals surface area contributed by atoms with Crippen molar-refractivity contribution in [3.63, 3.8) is 0 Å². The van der Waals surface area contributed by atoms with E-state index < -0.39 is 16.2 Å². The summed E-state index contributed by atoms with van der Waals surface area (Å²) in [7, 11) is 0. The number of hydrogen-bond donors (Lipinski definition) is 0. The van der Waals surface area contributed by atoms with Gasteiger partial charge in [-0.15, -0.1) is 0 Å². The quantitative estimate of drug-likeness (QED) is 0.0795. The van der Waals surface area contributed by atoms with E-state index in [2.05, 4.69) is 174 Å². The van der Waals surface area contributed by atoms with Gasteiger partial charge in [0, 0.05) is 0 Å². The standard InChI is InChI=1S/C30H37.C18H21N2.C2H5.Ga/c1-19(2)25-14-10-15-26(20(3)4)29(25)23-12-9-13-24(18-23)30-27(21(5)6)16-11-17-28(30)22(7)8;1-4-14-10-7-8-13-17(14)19-20-18-15(5-2)11-9-12-16(18)6-3;1-2;/h9-17,19-22H,1-8H3;7-12H,4-6H2,1-3H3;1H2,2H3;. The third-order valence-corrected chi connectivity index (χ3v) is 18.3. The van der Waals surface area contributed by atoms with Gasteiger partial charge in [-0.25, -0.2) is 0 Å². The van der Waals surface area contributed by atoms with Crippen LogP contribution in [0.2, 0.25) is 4.98 Å². The summed E-state index contributed by atoms with van der Waals surface area (Å²) in [4.78, 5) is 1.13. The van der Waals surface area contributed by atoms with Crippen molar-refractivity contribution in [1.82, 2.24) is 0 Å². The van der Waals surface area contributed by atoms with Crippen LogP contribution in [0.1, 0.15) is 146 Å². The van der Waals surface area contributed by atoms with E-state index in [0.717, 1.165) is 35.6 Å². The Hall–Kier alpha value is -3.66. The van der Waals surface area contributed by atoms with Gasteiger partial charge in [-0.05, 0) is 0 Å². The molecule has 3 heteroatoms. The molecule has 0 heterocycles. The van der Waals surface area contributed by atoms with Gasteiger partial charge in [-0.1, -0.05) is 0 Å². The number of hydrogen-bond acceptors (Lipinski definition) is 2. The van der Waals surface area contributed by atoms with E-state index in [1.807, 2.05) is 0 Å². The Labute approximate surface area is 327 Å². The van der Waals surface area contributed by atoms with Crippen LogP contribution in [0.15, 0.2) is 101 Å². The molecule has 0 bridgehead atoms. The van der Waals surface area contributed by atoms with Crippen molar-refractivity contribution in [3.05, 3.63) is 130 Å². The molecule has 0 atom stereocenters. The number of azo groups is 1. The average Bonchev–Trinajstić information content (AvgIpc) is 3.16. The van der Waals surface area contributed by atoms with Crippen LogP contribution < -0.4 is 8.24 Å². The number of nitrogens with zero attached hydrogens (tertiary/aromatic N) is 2. The normalized spacial score (nSPS) is 11.9. The van der Waals surface area contributed by atoms with Crippen molar-refractivity contribution in [3.8, 4) is 22.3 Å². The monoisotopic (exact) mass is 760 g/mol. The summed E-state index contributed by atoms with van der Waals surface area (Å²) in [6, 6.07) is 35.0. The second-order valence-electron chi connectivity index (χ2n) is 16.0. The molecule has 0 unspecified atom stereocenters. The van der Waals surface area contributed by atoms with Crippen molar-refractivity contribution in [2.24, 2.45) is 10.2 Å². The van der Waals surface area contributed by atoms with Gasteiger partial charge in [0.15, 0.2) is 0 Å². The Balaban J connectivity index is 1.94. The molecule has 0 saturated carbocycles. The van der Waals surface area contributed by atoms with Crippen LogP contribution in [0.3, 0.4) is 0 Å². The summed E-state index contributed by atoms with van der Waals surface area (Å²) in [5.41, 5.74) is 17.5. The fourth-order valence-corrected chi connectivity index (χ4v) is 15.4. The molecule has 0 fully saturated rings. The van der Waals surface area contributed by atoms with Crippen molar-refractivity contribution >= 4 is 35.8 Å². The van der Waals surface area contributed by atoms with E-state index in [1.54, 1.807) is 4.12 Å². The predicted octanol–water partition coefficient (Wildman–Crippen LogP) is 14.2. The first-order chi connectivity index (χ1) is 25.5. The van der Waals surface area contributed by atoms with Crippen molar-refractivity contribution in [2.75, 3.05) is 0 Å². The van der Waals surface area contributed by atoms with Crippen LogP contribution in [-0.4, -0.2) is 16.2 Å². The molecule has 276 valence electrons. The topological polar surface area (TPSA) is 24.7 Å². The van der Waals surface area contributed by atoms with E-state index in [-0.39, 0.29) is 0 Å². The van der Waals surface area contributed by atoms with Crippen LogP contribution in [0, 0.1) is 0 Å². The molecule has 0 aromatic heterocycles. The van der Waals surface area contributed by atoms with Crippen LogP contribution in [0.4, 0.5) is 11.4 Å². The van der Waals surface area contributed by atoms with E-state index in [0.29, 0.717) is 23.7 Å². The first-order valence-electron chi connectivity index (χ1n) is 20.5. The molecule has 0 radical (unpaired) electrons. The van der Waals surface area contributed by atoms with Gasteiger partial charge in [0.2, 0.25) is 0 Å². The summed E-state index contributed by atoms with van der Waals surface area (Å²) >= 11 is -2.67. The first kappa shape index (κ1) is 40.5. The number of rotatable bonds is 14. The third-order valence-electron chi connectivity index (χ3n) is 11.3. The molecule has 0 aliphatic heterocycles. The maximum atomic E-state index is 5.32. The second-order valence-corrected chi connectivity index (χ2v) is 22.6. The molecule has 0 amide bonds. The van der Waals surface area contributed by atoms with Crippen LogP contribution in [0.5, 0.6) is 0 Å². The van der Waals surface area contributed by atoms with Crippen LogP contribution >= 0.6 is 0 Å². The van der Waals surface area contributed by atoms with Crippen molar-refractivity contribution in [2.45, 2.75) is 131 Å². The molecule has 0 saturated heterocycles. The van der Waals surface area contributed by atoms with Crippen molar-refractivity contribution in [1.29, 1.82) is 0 Å². The van der Waals surface area contributed by atoms with Crippen LogP contribution in [0.25, 0.3) is 22.3 Å². The van der Waals surface area contributed by atoms with E-state index in [9.17, 15) is 0 Å². The Morgan fingerprint density at radius 2 is 0.774 bits per heavy atom. The van der Waals surface area contributed by atoms with E-state index in [4.69, 9.17) is 10.2 Å².